The molecule has 4 aromatic rings. The van der Waals surface area contributed by atoms with Crippen LogP contribution < -0.4 is 9.47 Å². The van der Waals surface area contributed by atoms with E-state index in [1.807, 2.05) is 0 Å². The highest BCUT2D eigenvalue weighted by Crippen LogP contribution is 2.47. The van der Waals surface area contributed by atoms with Crippen LogP contribution in [-0.2, 0) is 0 Å². The predicted molar refractivity (Wildman–Crippen MR) is 146 cm³/mol. The van der Waals surface area contributed by atoms with Crippen molar-refractivity contribution >= 4 is 21.5 Å². The number of hydrogen-bond acceptors (Lipinski definition) is 2. The van der Waals surface area contributed by atoms with Gasteiger partial charge in [-0.1, -0.05) is 99.7 Å². The molecule has 2 nitrogen and oxygen atoms in total. The molecule has 1 fully saturated rings. The second-order valence-corrected chi connectivity index (χ2v) is 10.6. The summed E-state index contributed by atoms with van der Waals surface area (Å²) in [5, 5.41) is 4.91. The average molecular weight is 465 g/mol. The van der Waals surface area contributed by atoms with Gasteiger partial charge in [-0.25, -0.2) is 0 Å². The van der Waals surface area contributed by atoms with Crippen molar-refractivity contribution in [2.75, 3.05) is 13.2 Å². The smallest absolute Gasteiger partial charge is 0.127 e. The molecule has 0 radical (unpaired) electrons. The van der Waals surface area contributed by atoms with Gasteiger partial charge in [0.25, 0.3) is 0 Å². The van der Waals surface area contributed by atoms with Gasteiger partial charge < -0.3 is 9.47 Å². The first-order valence-corrected chi connectivity index (χ1v) is 13.6. The van der Waals surface area contributed by atoms with E-state index >= 15 is 0 Å². The molecule has 0 spiro atoms. The van der Waals surface area contributed by atoms with Gasteiger partial charge in [0.1, 0.15) is 11.5 Å². The maximum Gasteiger partial charge on any atom is 0.127 e. The molecule has 0 unspecified atom stereocenters. The Balaban J connectivity index is 1.40. The highest BCUT2D eigenvalue weighted by molar-refractivity contribution is 6.09. The van der Waals surface area contributed by atoms with Gasteiger partial charge >= 0.3 is 0 Å². The SMILES string of the molecule is CCCCC1CCC(C2COc3ccc4ccccc4c3-c3c(ccc4ccccc34)OC2)CC1. The van der Waals surface area contributed by atoms with Crippen LogP contribution >= 0.6 is 0 Å². The van der Waals surface area contributed by atoms with Crippen molar-refractivity contribution in [3.8, 4) is 22.6 Å². The third kappa shape index (κ3) is 4.40. The Bertz CT molecular complexity index is 1230. The lowest BCUT2D eigenvalue weighted by molar-refractivity contribution is 0.0980. The van der Waals surface area contributed by atoms with Gasteiger partial charge in [0.05, 0.1) is 13.2 Å². The van der Waals surface area contributed by atoms with Crippen LogP contribution in [0.5, 0.6) is 11.5 Å². The first-order valence-electron chi connectivity index (χ1n) is 13.6. The third-order valence-electron chi connectivity index (χ3n) is 8.46. The van der Waals surface area contributed by atoms with Crippen molar-refractivity contribution in [3.63, 3.8) is 0 Å². The van der Waals surface area contributed by atoms with E-state index in [-0.39, 0.29) is 0 Å². The summed E-state index contributed by atoms with van der Waals surface area (Å²) in [5.41, 5.74) is 2.33. The third-order valence-corrected chi connectivity index (χ3v) is 8.46. The van der Waals surface area contributed by atoms with Crippen LogP contribution in [0.4, 0.5) is 0 Å². The van der Waals surface area contributed by atoms with Crippen molar-refractivity contribution < 1.29 is 9.47 Å². The van der Waals surface area contributed by atoms with E-state index in [0.29, 0.717) is 11.8 Å². The fraction of sp³-hybridized carbons (Fsp3) is 0.394. The van der Waals surface area contributed by atoms with E-state index in [9.17, 15) is 0 Å². The fourth-order valence-corrected chi connectivity index (χ4v) is 6.41. The number of ether oxygens (including phenoxy) is 2. The fourth-order valence-electron chi connectivity index (χ4n) is 6.41. The van der Waals surface area contributed by atoms with Crippen molar-refractivity contribution in [1.82, 2.24) is 0 Å². The first-order chi connectivity index (χ1) is 17.3. The number of benzene rings is 4. The van der Waals surface area contributed by atoms with Crippen LogP contribution in [0.15, 0.2) is 72.8 Å². The zero-order valence-corrected chi connectivity index (χ0v) is 20.8. The van der Waals surface area contributed by atoms with E-state index in [4.69, 9.17) is 9.47 Å². The maximum atomic E-state index is 6.70. The summed E-state index contributed by atoms with van der Waals surface area (Å²) in [5.74, 6) is 3.98. The lowest BCUT2D eigenvalue weighted by Gasteiger charge is -2.33. The minimum absolute atomic E-state index is 0.416. The van der Waals surface area contributed by atoms with Crippen molar-refractivity contribution in [2.24, 2.45) is 17.8 Å². The summed E-state index contributed by atoms with van der Waals surface area (Å²) in [6.07, 6.45) is 9.43. The molecular formula is C33H36O2. The Kier molecular flexibility index (Phi) is 6.37. The molecule has 0 bridgehead atoms. The summed E-state index contributed by atoms with van der Waals surface area (Å²) < 4.78 is 13.4. The zero-order chi connectivity index (χ0) is 23.6. The van der Waals surface area contributed by atoms with Gasteiger partial charge in [0.15, 0.2) is 0 Å². The van der Waals surface area contributed by atoms with E-state index in [2.05, 4.69) is 79.7 Å². The number of unbranched alkanes of at least 4 members (excludes halogenated alkanes) is 1. The summed E-state index contributed by atoms with van der Waals surface area (Å²) in [6, 6.07) is 26.0. The van der Waals surface area contributed by atoms with Gasteiger partial charge in [0.2, 0.25) is 0 Å². The highest BCUT2D eigenvalue weighted by atomic mass is 16.5. The van der Waals surface area contributed by atoms with Gasteiger partial charge in [-0.3, -0.25) is 0 Å². The highest BCUT2D eigenvalue weighted by Gasteiger charge is 2.30. The van der Waals surface area contributed by atoms with Gasteiger partial charge in [-0.15, -0.1) is 0 Å². The van der Waals surface area contributed by atoms with E-state index < -0.39 is 0 Å². The van der Waals surface area contributed by atoms with Crippen molar-refractivity contribution in [2.45, 2.75) is 51.9 Å². The molecule has 1 aliphatic heterocycles. The molecule has 180 valence electrons. The van der Waals surface area contributed by atoms with Crippen LogP contribution in [0, 0.1) is 17.8 Å². The van der Waals surface area contributed by atoms with Gasteiger partial charge in [-0.05, 0) is 58.4 Å². The molecule has 0 atom stereocenters. The molecule has 0 aromatic heterocycles. The summed E-state index contributed by atoms with van der Waals surface area (Å²) >= 11 is 0. The van der Waals surface area contributed by atoms with Crippen molar-refractivity contribution in [1.29, 1.82) is 0 Å². The molecule has 2 aliphatic rings. The average Bonchev–Trinajstić information content (AvgIpc) is 3.00. The Labute approximate surface area is 209 Å². The number of hydrogen-bond donors (Lipinski definition) is 0. The molecular weight excluding hydrogens is 428 g/mol. The second kappa shape index (κ2) is 9.93. The van der Waals surface area contributed by atoms with Crippen LogP contribution in [0.2, 0.25) is 0 Å². The zero-order valence-electron chi connectivity index (χ0n) is 20.8. The molecule has 4 aromatic carbocycles. The summed E-state index contributed by atoms with van der Waals surface area (Å²) in [7, 11) is 0. The number of rotatable bonds is 4. The molecule has 1 heterocycles. The molecule has 1 saturated carbocycles. The molecule has 0 amide bonds. The normalized spacial score (nSPS) is 20.7. The molecule has 6 rings (SSSR count). The second-order valence-electron chi connectivity index (χ2n) is 10.6. The molecule has 2 heteroatoms. The lowest BCUT2D eigenvalue weighted by Crippen LogP contribution is -2.30. The van der Waals surface area contributed by atoms with Crippen LogP contribution in [0.3, 0.4) is 0 Å². The lowest BCUT2D eigenvalue weighted by atomic mass is 9.75. The Hall–Kier alpha value is -3.00. The van der Waals surface area contributed by atoms with Crippen LogP contribution in [0.1, 0.15) is 51.9 Å². The maximum absolute atomic E-state index is 6.70. The Morgan fingerprint density at radius 2 is 1.17 bits per heavy atom. The topological polar surface area (TPSA) is 18.5 Å². The van der Waals surface area contributed by atoms with Crippen molar-refractivity contribution in [3.05, 3.63) is 72.8 Å². The molecule has 1 aliphatic carbocycles. The number of fused-ring (bicyclic) bond motifs is 7. The van der Waals surface area contributed by atoms with E-state index in [1.165, 1.54) is 77.6 Å². The molecule has 0 saturated heterocycles. The quantitative estimate of drug-likeness (QED) is 0.300. The van der Waals surface area contributed by atoms with E-state index in [1.54, 1.807) is 0 Å². The van der Waals surface area contributed by atoms with Crippen LogP contribution in [-0.4, -0.2) is 13.2 Å². The van der Waals surface area contributed by atoms with E-state index in [0.717, 1.165) is 30.6 Å². The van der Waals surface area contributed by atoms with Gasteiger partial charge in [-0.2, -0.15) is 0 Å². The minimum atomic E-state index is 0.416. The summed E-state index contributed by atoms with van der Waals surface area (Å²) in [4.78, 5) is 0. The standard InChI is InChI=1S/C33H36O2/c1-2-3-8-23-13-15-24(16-14-23)27-21-34-30-19-17-25-9-4-6-11-28(25)32(30)33-29-12-7-5-10-26(29)18-20-31(33)35-22-27/h4-7,9-12,17-20,23-24,27H,2-3,8,13-16,21-22H2,1H3. The minimum Gasteiger partial charge on any atom is -0.492 e. The Morgan fingerprint density at radius 3 is 1.71 bits per heavy atom. The summed E-state index contributed by atoms with van der Waals surface area (Å²) in [6.45, 7) is 3.75. The molecule has 0 N–H and O–H groups in total. The molecule has 35 heavy (non-hydrogen) atoms. The largest absolute Gasteiger partial charge is 0.492 e. The van der Waals surface area contributed by atoms with Gasteiger partial charge in [0, 0.05) is 17.0 Å². The van der Waals surface area contributed by atoms with Crippen LogP contribution in [0.25, 0.3) is 32.7 Å². The Morgan fingerprint density at radius 1 is 0.629 bits per heavy atom. The predicted octanol–water partition coefficient (Wildman–Crippen LogP) is 9.04. The monoisotopic (exact) mass is 464 g/mol. The first kappa shape index (κ1) is 22.5.